The van der Waals surface area contributed by atoms with Gasteiger partial charge in [0, 0.05) is 11.6 Å². The van der Waals surface area contributed by atoms with Crippen LogP contribution in [-0.2, 0) is 6.61 Å². The molecule has 0 saturated heterocycles. The highest BCUT2D eigenvalue weighted by molar-refractivity contribution is 5.65. The molecular formula is C17H9F5N4O2. The Morgan fingerprint density at radius 1 is 1.11 bits per heavy atom. The number of rotatable bonds is 5. The fourth-order valence-electron chi connectivity index (χ4n) is 2.30. The van der Waals surface area contributed by atoms with E-state index in [4.69, 9.17) is 10.00 Å². The molecule has 0 saturated carbocycles. The highest BCUT2D eigenvalue weighted by Crippen LogP contribution is 2.28. The smallest absolute Gasteiger partial charge is 0.489 e. The molecule has 11 heteroatoms. The minimum atomic E-state index is -5.05. The Morgan fingerprint density at radius 2 is 1.89 bits per heavy atom. The number of ether oxygens (including phenoxy) is 2. The van der Waals surface area contributed by atoms with Gasteiger partial charge < -0.3 is 9.47 Å². The second-order valence-electron chi connectivity index (χ2n) is 5.42. The van der Waals surface area contributed by atoms with Gasteiger partial charge in [0.25, 0.3) is 0 Å². The average Bonchev–Trinajstić information content (AvgIpc) is 3.09. The van der Waals surface area contributed by atoms with Crippen molar-refractivity contribution in [1.29, 1.82) is 5.26 Å². The lowest BCUT2D eigenvalue weighted by molar-refractivity contribution is -0.275. The summed E-state index contributed by atoms with van der Waals surface area (Å²) in [5, 5.41) is 18.5. The first-order valence-corrected chi connectivity index (χ1v) is 7.54. The van der Waals surface area contributed by atoms with Gasteiger partial charge in [-0.25, -0.2) is 13.9 Å². The van der Waals surface area contributed by atoms with Crippen molar-refractivity contribution in [2.75, 3.05) is 0 Å². The van der Waals surface area contributed by atoms with Crippen LogP contribution in [-0.4, -0.2) is 21.8 Å². The molecule has 0 radical (unpaired) electrons. The van der Waals surface area contributed by atoms with Gasteiger partial charge in [-0.15, -0.1) is 18.3 Å². The molecule has 28 heavy (non-hydrogen) atoms. The molecule has 1 N–H and O–H groups in total. The van der Waals surface area contributed by atoms with Gasteiger partial charge in [-0.05, 0) is 29.8 Å². The summed E-state index contributed by atoms with van der Waals surface area (Å²) in [6, 6.07) is 8.16. The molecule has 0 unspecified atom stereocenters. The maximum Gasteiger partial charge on any atom is 0.573 e. The van der Waals surface area contributed by atoms with Gasteiger partial charge in [0.05, 0.1) is 0 Å². The SMILES string of the molecule is N#Cc1[nH]nnc1-c1cc(F)cc(OCc2ccc(F)c(OC(F)(F)F)c2)c1. The van der Waals surface area contributed by atoms with Crippen molar-refractivity contribution in [2.45, 2.75) is 13.0 Å². The van der Waals surface area contributed by atoms with E-state index < -0.39 is 23.7 Å². The first-order valence-electron chi connectivity index (χ1n) is 7.54. The molecule has 0 atom stereocenters. The molecule has 0 amide bonds. The molecule has 0 aliphatic heterocycles. The van der Waals surface area contributed by atoms with E-state index in [1.165, 1.54) is 12.1 Å². The number of alkyl halides is 3. The molecule has 0 aliphatic carbocycles. The van der Waals surface area contributed by atoms with E-state index >= 15 is 0 Å². The van der Waals surface area contributed by atoms with Gasteiger partial charge >= 0.3 is 6.36 Å². The van der Waals surface area contributed by atoms with Crippen molar-refractivity contribution in [3.8, 4) is 28.8 Å². The van der Waals surface area contributed by atoms with Crippen LogP contribution >= 0.6 is 0 Å². The van der Waals surface area contributed by atoms with Gasteiger partial charge in [-0.3, -0.25) is 0 Å². The van der Waals surface area contributed by atoms with Crippen LogP contribution < -0.4 is 9.47 Å². The minimum absolute atomic E-state index is 0.0176. The van der Waals surface area contributed by atoms with Crippen molar-refractivity contribution in [2.24, 2.45) is 0 Å². The van der Waals surface area contributed by atoms with Crippen molar-refractivity contribution < 1.29 is 31.4 Å². The molecule has 2 aromatic carbocycles. The standard InChI is InChI=1S/C17H9F5N4O2/c18-11-4-10(16-14(7-23)24-26-25-16)5-12(6-11)27-8-9-1-2-13(19)15(3-9)28-17(20,21)22/h1-6H,8H2,(H,24,25,26). The summed E-state index contributed by atoms with van der Waals surface area (Å²) in [6.07, 6.45) is -5.05. The molecule has 6 nitrogen and oxygen atoms in total. The van der Waals surface area contributed by atoms with Crippen molar-refractivity contribution in [1.82, 2.24) is 15.4 Å². The zero-order valence-corrected chi connectivity index (χ0v) is 13.7. The summed E-state index contributed by atoms with van der Waals surface area (Å²) < 4.78 is 73.1. The summed E-state index contributed by atoms with van der Waals surface area (Å²) in [4.78, 5) is 0. The predicted molar refractivity (Wildman–Crippen MR) is 83.9 cm³/mol. The number of H-pyrrole nitrogens is 1. The van der Waals surface area contributed by atoms with E-state index in [0.717, 1.165) is 24.3 Å². The van der Waals surface area contributed by atoms with Crippen LogP contribution in [0.2, 0.25) is 0 Å². The first kappa shape index (κ1) is 19.1. The number of halogens is 5. The second-order valence-corrected chi connectivity index (χ2v) is 5.42. The van der Waals surface area contributed by atoms with E-state index in [1.807, 2.05) is 6.07 Å². The summed E-state index contributed by atoms with van der Waals surface area (Å²) in [5.74, 6) is -2.87. The zero-order chi connectivity index (χ0) is 20.3. The molecule has 0 spiro atoms. The van der Waals surface area contributed by atoms with Crippen LogP contribution in [0.3, 0.4) is 0 Å². The van der Waals surface area contributed by atoms with Crippen LogP contribution in [0.1, 0.15) is 11.3 Å². The third-order valence-corrected chi connectivity index (χ3v) is 3.43. The van der Waals surface area contributed by atoms with Gasteiger partial charge in [0.15, 0.2) is 17.3 Å². The van der Waals surface area contributed by atoms with Crippen LogP contribution in [0.25, 0.3) is 11.3 Å². The molecular weight excluding hydrogens is 387 g/mol. The number of hydrogen-bond acceptors (Lipinski definition) is 5. The highest BCUT2D eigenvalue weighted by atomic mass is 19.4. The number of nitrogens with zero attached hydrogens (tertiary/aromatic N) is 3. The Balaban J connectivity index is 1.80. The number of nitriles is 1. The Kier molecular flexibility index (Phi) is 5.12. The third-order valence-electron chi connectivity index (χ3n) is 3.43. The maximum absolute atomic E-state index is 13.9. The van der Waals surface area contributed by atoms with E-state index in [0.29, 0.717) is 0 Å². The molecule has 3 rings (SSSR count). The second kappa shape index (κ2) is 7.51. The number of benzene rings is 2. The minimum Gasteiger partial charge on any atom is -0.489 e. The molecule has 3 aromatic rings. The Labute approximate surface area is 154 Å². The maximum atomic E-state index is 13.9. The van der Waals surface area contributed by atoms with Crippen molar-refractivity contribution in [3.63, 3.8) is 0 Å². The molecule has 1 heterocycles. The van der Waals surface area contributed by atoms with Crippen LogP contribution in [0.15, 0.2) is 36.4 Å². The number of aromatic amines is 1. The quantitative estimate of drug-likeness (QED) is 0.657. The molecule has 1 aromatic heterocycles. The Bertz CT molecular complexity index is 1040. The summed E-state index contributed by atoms with van der Waals surface area (Å²) in [6.45, 7) is -0.290. The van der Waals surface area contributed by atoms with E-state index in [-0.39, 0.29) is 34.9 Å². The predicted octanol–water partition coefficient (Wildman–Crippen LogP) is 4.10. The Morgan fingerprint density at radius 3 is 2.61 bits per heavy atom. The summed E-state index contributed by atoms with van der Waals surface area (Å²) in [7, 11) is 0. The van der Waals surface area contributed by atoms with Crippen LogP contribution in [0, 0.1) is 23.0 Å². The summed E-state index contributed by atoms with van der Waals surface area (Å²) in [5.41, 5.74) is 0.490. The lowest BCUT2D eigenvalue weighted by atomic mass is 10.1. The molecule has 0 fully saturated rings. The van der Waals surface area contributed by atoms with E-state index in [2.05, 4.69) is 20.1 Å². The monoisotopic (exact) mass is 396 g/mol. The molecule has 0 aliphatic rings. The van der Waals surface area contributed by atoms with Gasteiger partial charge in [-0.1, -0.05) is 11.3 Å². The van der Waals surface area contributed by atoms with Crippen LogP contribution in [0.5, 0.6) is 11.5 Å². The lowest BCUT2D eigenvalue weighted by Gasteiger charge is -2.12. The van der Waals surface area contributed by atoms with Crippen molar-refractivity contribution >= 4 is 0 Å². The normalized spacial score (nSPS) is 11.1. The largest absolute Gasteiger partial charge is 0.573 e. The van der Waals surface area contributed by atoms with Crippen molar-refractivity contribution in [3.05, 3.63) is 59.3 Å². The van der Waals surface area contributed by atoms with E-state index in [9.17, 15) is 22.0 Å². The Hall–Kier alpha value is -3.68. The average molecular weight is 396 g/mol. The number of aromatic nitrogens is 3. The third kappa shape index (κ3) is 4.53. The highest BCUT2D eigenvalue weighted by Gasteiger charge is 2.32. The number of hydrogen-bond donors (Lipinski definition) is 1. The fourth-order valence-corrected chi connectivity index (χ4v) is 2.30. The first-order chi connectivity index (χ1) is 13.2. The zero-order valence-electron chi connectivity index (χ0n) is 13.7. The summed E-state index contributed by atoms with van der Waals surface area (Å²) >= 11 is 0. The van der Waals surface area contributed by atoms with Gasteiger partial charge in [-0.2, -0.15) is 5.26 Å². The number of nitrogens with one attached hydrogen (secondary N) is 1. The van der Waals surface area contributed by atoms with Gasteiger partial charge in [0.1, 0.15) is 29.9 Å². The van der Waals surface area contributed by atoms with E-state index in [1.54, 1.807) is 0 Å². The molecule has 0 bridgehead atoms. The van der Waals surface area contributed by atoms with Gasteiger partial charge in [0.2, 0.25) is 0 Å². The van der Waals surface area contributed by atoms with Crippen LogP contribution in [0.4, 0.5) is 22.0 Å². The topological polar surface area (TPSA) is 83.8 Å². The molecule has 144 valence electrons. The fraction of sp³-hybridized carbons (Fsp3) is 0.118. The lowest BCUT2D eigenvalue weighted by Crippen LogP contribution is -2.18.